The van der Waals surface area contributed by atoms with Crippen molar-refractivity contribution in [3.8, 4) is 17.2 Å². The summed E-state index contributed by atoms with van der Waals surface area (Å²) in [6.45, 7) is 3.33. The number of ether oxygens (including phenoxy) is 3. The number of carbonyl (C=O) groups is 2. The number of nitrogens with one attached hydrogen (secondary N) is 1. The van der Waals surface area contributed by atoms with Gasteiger partial charge in [0.15, 0.2) is 17.6 Å². The maximum atomic E-state index is 12.3. The summed E-state index contributed by atoms with van der Waals surface area (Å²) in [6, 6.07) is 10.1. The smallest absolute Gasteiger partial charge is 0.344 e. The van der Waals surface area contributed by atoms with E-state index in [1.54, 1.807) is 30.3 Å². The molecule has 8 heteroatoms. The van der Waals surface area contributed by atoms with Gasteiger partial charge >= 0.3 is 5.97 Å². The average Bonchev–Trinajstić information content (AvgIpc) is 2.68. The Bertz CT molecular complexity index is 894. The first kappa shape index (κ1) is 20.8. The second-order valence-electron chi connectivity index (χ2n) is 5.91. The van der Waals surface area contributed by atoms with Gasteiger partial charge in [0.05, 0.1) is 26.0 Å². The van der Waals surface area contributed by atoms with Crippen molar-refractivity contribution in [2.75, 3.05) is 14.2 Å². The van der Waals surface area contributed by atoms with E-state index >= 15 is 0 Å². The van der Waals surface area contributed by atoms with Crippen molar-refractivity contribution in [1.82, 2.24) is 5.43 Å². The monoisotopic (exact) mass is 386 g/mol. The second-order valence-corrected chi connectivity index (χ2v) is 5.91. The number of hydrogen-bond acceptors (Lipinski definition) is 6. The van der Waals surface area contributed by atoms with Crippen LogP contribution in [-0.2, 0) is 4.79 Å². The first-order valence-electron chi connectivity index (χ1n) is 8.41. The normalized spacial score (nSPS) is 11.7. The van der Waals surface area contributed by atoms with E-state index in [0.29, 0.717) is 28.4 Å². The molecule has 2 aromatic rings. The molecule has 8 nitrogen and oxygen atoms in total. The number of benzene rings is 2. The third kappa shape index (κ3) is 5.23. The Morgan fingerprint density at radius 1 is 1.07 bits per heavy atom. The summed E-state index contributed by atoms with van der Waals surface area (Å²) in [4.78, 5) is 23.2. The zero-order chi connectivity index (χ0) is 20.7. The Labute approximate surface area is 162 Å². The van der Waals surface area contributed by atoms with Crippen LogP contribution in [0.15, 0.2) is 41.5 Å². The van der Waals surface area contributed by atoms with Crippen molar-refractivity contribution in [3.63, 3.8) is 0 Å². The molecule has 0 fully saturated rings. The maximum absolute atomic E-state index is 12.3. The molecule has 0 radical (unpaired) electrons. The summed E-state index contributed by atoms with van der Waals surface area (Å²) in [5.41, 5.74) is 4.41. The highest BCUT2D eigenvalue weighted by molar-refractivity contribution is 5.97. The second kappa shape index (κ2) is 9.40. The van der Waals surface area contributed by atoms with Crippen LogP contribution in [0.1, 0.15) is 28.4 Å². The lowest BCUT2D eigenvalue weighted by molar-refractivity contribution is -0.144. The number of carboxylic acids is 1. The van der Waals surface area contributed by atoms with E-state index in [4.69, 9.17) is 19.3 Å². The van der Waals surface area contributed by atoms with Crippen LogP contribution in [0.25, 0.3) is 0 Å². The van der Waals surface area contributed by atoms with Crippen LogP contribution < -0.4 is 19.6 Å². The summed E-state index contributed by atoms with van der Waals surface area (Å²) in [7, 11) is 2.94. The summed E-state index contributed by atoms with van der Waals surface area (Å²) in [6.07, 6.45) is 0.420. The Balaban J connectivity index is 2.10. The van der Waals surface area contributed by atoms with Crippen LogP contribution in [0.5, 0.6) is 17.2 Å². The number of hydrazone groups is 1. The Morgan fingerprint density at radius 3 is 2.43 bits per heavy atom. The van der Waals surface area contributed by atoms with Crippen LogP contribution in [0.3, 0.4) is 0 Å². The fraction of sp³-hybridized carbons (Fsp3) is 0.250. The lowest BCUT2D eigenvalue weighted by Crippen LogP contribution is -2.23. The fourth-order valence-electron chi connectivity index (χ4n) is 2.31. The van der Waals surface area contributed by atoms with Gasteiger partial charge in [0.2, 0.25) is 0 Å². The van der Waals surface area contributed by atoms with Crippen molar-refractivity contribution in [2.24, 2.45) is 5.10 Å². The zero-order valence-electron chi connectivity index (χ0n) is 16.1. The lowest BCUT2D eigenvalue weighted by Gasteiger charge is -2.14. The summed E-state index contributed by atoms with van der Waals surface area (Å²) >= 11 is 0. The number of hydrogen-bond donors (Lipinski definition) is 2. The molecule has 0 unspecified atom stereocenters. The highest BCUT2D eigenvalue weighted by Crippen LogP contribution is 2.28. The molecule has 0 heterocycles. The largest absolute Gasteiger partial charge is 0.496 e. The number of carboxylic acid groups (broad SMARTS) is 1. The van der Waals surface area contributed by atoms with Gasteiger partial charge in [-0.2, -0.15) is 5.10 Å². The van der Waals surface area contributed by atoms with Crippen molar-refractivity contribution in [3.05, 3.63) is 53.1 Å². The fourth-order valence-corrected chi connectivity index (χ4v) is 2.31. The summed E-state index contributed by atoms with van der Waals surface area (Å²) in [5, 5.41) is 12.9. The number of rotatable bonds is 8. The molecule has 148 valence electrons. The SMILES string of the molecule is COc1cc(/C=N\NC(=O)c2ccc(C)cc2OC)ccc1O[C@H](C)C(=O)O. The van der Waals surface area contributed by atoms with Gasteiger partial charge in [-0.25, -0.2) is 10.2 Å². The van der Waals surface area contributed by atoms with Gasteiger partial charge in [0, 0.05) is 0 Å². The molecule has 0 saturated heterocycles. The molecule has 0 aliphatic heterocycles. The van der Waals surface area contributed by atoms with Crippen LogP contribution in [0.2, 0.25) is 0 Å². The maximum Gasteiger partial charge on any atom is 0.344 e. The molecule has 0 bridgehead atoms. The van der Waals surface area contributed by atoms with Crippen molar-refractivity contribution >= 4 is 18.1 Å². The highest BCUT2D eigenvalue weighted by Gasteiger charge is 2.15. The molecule has 2 N–H and O–H groups in total. The van der Waals surface area contributed by atoms with Crippen molar-refractivity contribution in [2.45, 2.75) is 20.0 Å². The molecule has 0 aliphatic rings. The molecule has 2 rings (SSSR count). The van der Waals surface area contributed by atoms with E-state index in [-0.39, 0.29) is 0 Å². The number of nitrogens with zero attached hydrogens (tertiary/aromatic N) is 1. The van der Waals surface area contributed by atoms with Crippen molar-refractivity contribution in [1.29, 1.82) is 0 Å². The quantitative estimate of drug-likeness (QED) is 0.534. The highest BCUT2D eigenvalue weighted by atomic mass is 16.5. The van der Waals surface area contributed by atoms with E-state index in [1.165, 1.54) is 27.4 Å². The van der Waals surface area contributed by atoms with Crippen LogP contribution >= 0.6 is 0 Å². The average molecular weight is 386 g/mol. The van der Waals surface area contributed by atoms with Crippen molar-refractivity contribution < 1.29 is 28.9 Å². The number of aliphatic carboxylic acids is 1. The number of amides is 1. The zero-order valence-corrected chi connectivity index (χ0v) is 16.1. The first-order valence-corrected chi connectivity index (χ1v) is 8.41. The van der Waals surface area contributed by atoms with Crippen LogP contribution in [0, 0.1) is 6.92 Å². The van der Waals surface area contributed by atoms with E-state index in [2.05, 4.69) is 10.5 Å². The van der Waals surface area contributed by atoms with E-state index in [0.717, 1.165) is 5.56 Å². The third-order valence-electron chi connectivity index (χ3n) is 3.82. The van der Waals surface area contributed by atoms with E-state index in [1.807, 2.05) is 13.0 Å². The lowest BCUT2D eigenvalue weighted by atomic mass is 10.1. The first-order chi connectivity index (χ1) is 13.3. The minimum Gasteiger partial charge on any atom is -0.496 e. The van der Waals surface area contributed by atoms with Gasteiger partial charge in [-0.05, 0) is 55.3 Å². The number of carbonyl (C=O) groups excluding carboxylic acids is 1. The number of methoxy groups -OCH3 is 2. The predicted molar refractivity (Wildman–Crippen MR) is 104 cm³/mol. The topological polar surface area (TPSA) is 106 Å². The molecular weight excluding hydrogens is 364 g/mol. The van der Waals surface area contributed by atoms with Crippen LogP contribution in [-0.4, -0.2) is 43.5 Å². The van der Waals surface area contributed by atoms with Gasteiger partial charge in [0.25, 0.3) is 5.91 Å². The van der Waals surface area contributed by atoms with Gasteiger partial charge in [-0.3, -0.25) is 4.79 Å². The Kier molecular flexibility index (Phi) is 6.97. The molecule has 1 amide bonds. The third-order valence-corrected chi connectivity index (χ3v) is 3.82. The molecule has 1 atom stereocenters. The Hall–Kier alpha value is -3.55. The molecule has 0 aliphatic carbocycles. The summed E-state index contributed by atoms with van der Waals surface area (Å²) in [5.74, 6) is -0.382. The van der Waals surface area contributed by atoms with E-state index in [9.17, 15) is 9.59 Å². The van der Waals surface area contributed by atoms with Gasteiger partial charge < -0.3 is 19.3 Å². The standard InChI is InChI=1S/C20H22N2O6/c1-12-5-7-15(17(9-12)26-3)19(23)22-21-11-14-6-8-16(18(10-14)27-4)28-13(2)20(24)25/h5-11,13H,1-4H3,(H,22,23)(H,24,25)/b21-11-/t13-/m1/s1. The van der Waals surface area contributed by atoms with Gasteiger partial charge in [-0.15, -0.1) is 0 Å². The molecule has 2 aromatic carbocycles. The molecule has 0 spiro atoms. The molecule has 0 aromatic heterocycles. The minimum absolute atomic E-state index is 0.294. The molecule has 0 saturated carbocycles. The van der Waals surface area contributed by atoms with Gasteiger partial charge in [-0.1, -0.05) is 6.07 Å². The minimum atomic E-state index is -1.08. The predicted octanol–water partition coefficient (Wildman–Crippen LogP) is 2.63. The van der Waals surface area contributed by atoms with Crippen LogP contribution in [0.4, 0.5) is 0 Å². The number of aryl methyl sites for hydroxylation is 1. The Morgan fingerprint density at radius 2 is 1.79 bits per heavy atom. The molecule has 28 heavy (non-hydrogen) atoms. The van der Waals surface area contributed by atoms with E-state index < -0.39 is 18.0 Å². The van der Waals surface area contributed by atoms with Gasteiger partial charge in [0.1, 0.15) is 5.75 Å². The molecular formula is C20H22N2O6. The summed E-state index contributed by atoms with van der Waals surface area (Å²) < 4.78 is 15.8.